The summed E-state index contributed by atoms with van der Waals surface area (Å²) in [5.41, 5.74) is 1.01. The number of nitrogens with zero attached hydrogens (tertiary/aromatic N) is 3. The second-order valence-corrected chi connectivity index (χ2v) is 8.44. The molecule has 2 fully saturated rings. The van der Waals surface area contributed by atoms with E-state index in [-0.39, 0.29) is 29.7 Å². The van der Waals surface area contributed by atoms with Crippen molar-refractivity contribution in [1.29, 1.82) is 0 Å². The largest absolute Gasteiger partial charge is 0.493 e. The van der Waals surface area contributed by atoms with Crippen molar-refractivity contribution in [3.63, 3.8) is 0 Å². The maximum absolute atomic E-state index is 12.8. The number of hydrogen-bond donors (Lipinski definition) is 0. The number of hydrogen-bond acceptors (Lipinski definition) is 5. The molecule has 2 heterocycles. The molecular weight excluding hydrogens is 398 g/mol. The number of piperazine rings is 1. The summed E-state index contributed by atoms with van der Waals surface area (Å²) in [6.07, 6.45) is 1.32. The third-order valence-corrected chi connectivity index (χ3v) is 6.15. The van der Waals surface area contributed by atoms with E-state index in [1.165, 1.54) is 0 Å². The Labute approximate surface area is 184 Å². The van der Waals surface area contributed by atoms with Gasteiger partial charge in [0.15, 0.2) is 11.5 Å². The van der Waals surface area contributed by atoms with Gasteiger partial charge in [0.25, 0.3) is 0 Å². The standard InChI is InChI=1S/C23H33N3O5/c1-16(2)26-15-18(14-22(26)28)23(29)25-11-9-24(10-12-25)21(27)8-6-17-5-7-19(30-3)20(13-17)31-4/h5,7,13,16,18H,6,8-12,14-15H2,1-4H3. The third-order valence-electron chi connectivity index (χ3n) is 6.15. The van der Waals surface area contributed by atoms with Crippen molar-refractivity contribution in [2.75, 3.05) is 46.9 Å². The predicted molar refractivity (Wildman–Crippen MR) is 116 cm³/mol. The van der Waals surface area contributed by atoms with E-state index in [0.29, 0.717) is 63.5 Å². The van der Waals surface area contributed by atoms with E-state index >= 15 is 0 Å². The summed E-state index contributed by atoms with van der Waals surface area (Å²) in [5.74, 6) is 1.23. The van der Waals surface area contributed by atoms with Gasteiger partial charge in [0, 0.05) is 51.6 Å². The minimum absolute atomic E-state index is 0.0360. The number of aryl methyl sites for hydroxylation is 1. The smallest absolute Gasteiger partial charge is 0.228 e. The van der Waals surface area contributed by atoms with Crippen molar-refractivity contribution < 1.29 is 23.9 Å². The van der Waals surface area contributed by atoms with Crippen LogP contribution in [-0.2, 0) is 20.8 Å². The fraction of sp³-hybridized carbons (Fsp3) is 0.609. The van der Waals surface area contributed by atoms with Crippen molar-refractivity contribution >= 4 is 17.7 Å². The molecule has 0 radical (unpaired) electrons. The maximum Gasteiger partial charge on any atom is 0.228 e. The molecule has 2 aliphatic heterocycles. The van der Waals surface area contributed by atoms with Crippen LogP contribution in [0, 0.1) is 5.92 Å². The quantitative estimate of drug-likeness (QED) is 0.655. The van der Waals surface area contributed by atoms with Gasteiger partial charge < -0.3 is 24.2 Å². The number of likely N-dealkylation sites (tertiary alicyclic amines) is 1. The Bertz CT molecular complexity index is 817. The van der Waals surface area contributed by atoms with Crippen LogP contribution in [0.3, 0.4) is 0 Å². The van der Waals surface area contributed by atoms with Crippen LogP contribution in [0.15, 0.2) is 18.2 Å². The fourth-order valence-corrected chi connectivity index (χ4v) is 4.28. The number of carbonyl (C=O) groups is 3. The average Bonchev–Trinajstić information content (AvgIpc) is 3.18. The number of rotatable bonds is 7. The molecule has 8 nitrogen and oxygen atoms in total. The van der Waals surface area contributed by atoms with Gasteiger partial charge in [-0.25, -0.2) is 0 Å². The first kappa shape index (κ1) is 22.9. The van der Waals surface area contributed by atoms with Crippen molar-refractivity contribution in [3.8, 4) is 11.5 Å². The van der Waals surface area contributed by atoms with E-state index in [1.807, 2.05) is 36.9 Å². The van der Waals surface area contributed by atoms with Crippen LogP contribution in [0.1, 0.15) is 32.3 Å². The molecule has 0 N–H and O–H groups in total. The molecule has 0 aromatic heterocycles. The molecule has 31 heavy (non-hydrogen) atoms. The summed E-state index contributed by atoms with van der Waals surface area (Å²) in [5, 5.41) is 0. The van der Waals surface area contributed by atoms with Gasteiger partial charge in [0.2, 0.25) is 17.7 Å². The Morgan fingerprint density at radius 1 is 1.03 bits per heavy atom. The lowest BCUT2D eigenvalue weighted by Crippen LogP contribution is -2.52. The number of methoxy groups -OCH3 is 2. The molecule has 170 valence electrons. The predicted octanol–water partition coefficient (Wildman–Crippen LogP) is 1.56. The Balaban J connectivity index is 1.47. The first-order chi connectivity index (χ1) is 14.8. The minimum atomic E-state index is -0.262. The zero-order valence-electron chi connectivity index (χ0n) is 18.9. The lowest BCUT2D eigenvalue weighted by atomic mass is 10.1. The molecular formula is C23H33N3O5. The summed E-state index contributed by atoms with van der Waals surface area (Å²) in [6, 6.07) is 5.79. The number of amides is 3. The second-order valence-electron chi connectivity index (χ2n) is 8.44. The van der Waals surface area contributed by atoms with Crippen LogP contribution in [-0.4, -0.2) is 85.4 Å². The zero-order chi connectivity index (χ0) is 22.5. The van der Waals surface area contributed by atoms with Crippen LogP contribution in [0.5, 0.6) is 11.5 Å². The van der Waals surface area contributed by atoms with Crippen molar-refractivity contribution in [1.82, 2.24) is 14.7 Å². The SMILES string of the molecule is COc1ccc(CCC(=O)N2CCN(C(=O)C3CC(=O)N(C(C)C)C3)CC2)cc1OC. The van der Waals surface area contributed by atoms with Crippen LogP contribution in [0.4, 0.5) is 0 Å². The van der Waals surface area contributed by atoms with E-state index in [9.17, 15) is 14.4 Å². The first-order valence-electron chi connectivity index (χ1n) is 10.9. The van der Waals surface area contributed by atoms with Crippen molar-refractivity contribution in [3.05, 3.63) is 23.8 Å². The molecule has 2 saturated heterocycles. The molecule has 1 aromatic rings. The third kappa shape index (κ3) is 5.29. The molecule has 3 rings (SSSR count). The van der Waals surface area contributed by atoms with Crippen molar-refractivity contribution in [2.24, 2.45) is 5.92 Å². The molecule has 2 aliphatic rings. The highest BCUT2D eigenvalue weighted by Crippen LogP contribution is 2.28. The molecule has 0 aliphatic carbocycles. The van der Waals surface area contributed by atoms with Crippen LogP contribution >= 0.6 is 0 Å². The van der Waals surface area contributed by atoms with Gasteiger partial charge in [-0.2, -0.15) is 0 Å². The highest BCUT2D eigenvalue weighted by molar-refractivity contribution is 5.89. The Hall–Kier alpha value is -2.77. The Kier molecular flexibility index (Phi) is 7.41. The number of ether oxygens (including phenoxy) is 2. The minimum Gasteiger partial charge on any atom is -0.493 e. The monoisotopic (exact) mass is 431 g/mol. The molecule has 1 aromatic carbocycles. The van der Waals surface area contributed by atoms with E-state index in [0.717, 1.165) is 5.56 Å². The zero-order valence-corrected chi connectivity index (χ0v) is 18.9. The van der Waals surface area contributed by atoms with Gasteiger partial charge in [-0.15, -0.1) is 0 Å². The highest BCUT2D eigenvalue weighted by atomic mass is 16.5. The number of carbonyl (C=O) groups excluding carboxylic acids is 3. The Morgan fingerprint density at radius 2 is 1.68 bits per heavy atom. The maximum atomic E-state index is 12.8. The lowest BCUT2D eigenvalue weighted by molar-refractivity contribution is -0.142. The van der Waals surface area contributed by atoms with Gasteiger partial charge in [-0.05, 0) is 38.0 Å². The van der Waals surface area contributed by atoms with Crippen LogP contribution in [0.2, 0.25) is 0 Å². The van der Waals surface area contributed by atoms with E-state index in [1.54, 1.807) is 24.0 Å². The first-order valence-corrected chi connectivity index (χ1v) is 10.9. The summed E-state index contributed by atoms with van der Waals surface area (Å²) >= 11 is 0. The molecule has 3 amide bonds. The van der Waals surface area contributed by atoms with Gasteiger partial charge in [0.1, 0.15) is 0 Å². The molecule has 1 atom stereocenters. The lowest BCUT2D eigenvalue weighted by Gasteiger charge is -2.36. The summed E-state index contributed by atoms with van der Waals surface area (Å²) in [4.78, 5) is 43.0. The van der Waals surface area contributed by atoms with E-state index in [2.05, 4.69) is 0 Å². The average molecular weight is 432 g/mol. The van der Waals surface area contributed by atoms with Crippen molar-refractivity contribution in [2.45, 2.75) is 39.2 Å². The fourth-order valence-electron chi connectivity index (χ4n) is 4.28. The van der Waals surface area contributed by atoms with Crippen LogP contribution < -0.4 is 9.47 Å². The second kappa shape index (κ2) is 10.0. The van der Waals surface area contributed by atoms with Gasteiger partial charge in [0.05, 0.1) is 20.1 Å². The molecule has 0 saturated carbocycles. The van der Waals surface area contributed by atoms with Crippen LogP contribution in [0.25, 0.3) is 0 Å². The number of benzene rings is 1. The van der Waals surface area contributed by atoms with E-state index in [4.69, 9.17) is 9.47 Å². The molecule has 0 spiro atoms. The van der Waals surface area contributed by atoms with Gasteiger partial charge in [-0.3, -0.25) is 14.4 Å². The van der Waals surface area contributed by atoms with E-state index < -0.39 is 0 Å². The summed E-state index contributed by atoms with van der Waals surface area (Å²) in [6.45, 7) is 6.55. The summed E-state index contributed by atoms with van der Waals surface area (Å²) in [7, 11) is 3.19. The molecule has 0 bridgehead atoms. The highest BCUT2D eigenvalue weighted by Gasteiger charge is 2.38. The molecule has 8 heteroatoms. The normalized spacial score (nSPS) is 19.2. The van der Waals surface area contributed by atoms with Gasteiger partial charge in [-0.1, -0.05) is 6.07 Å². The summed E-state index contributed by atoms with van der Waals surface area (Å²) < 4.78 is 10.6. The topological polar surface area (TPSA) is 79.4 Å². The molecule has 1 unspecified atom stereocenters. The Morgan fingerprint density at radius 3 is 2.26 bits per heavy atom. The van der Waals surface area contributed by atoms with Gasteiger partial charge >= 0.3 is 0 Å².